The minimum atomic E-state index is -4.78. The Hall–Kier alpha value is -4.86. The first kappa shape index (κ1) is 50.0. The van der Waals surface area contributed by atoms with Gasteiger partial charge in [0.15, 0.2) is 11.5 Å². The van der Waals surface area contributed by atoms with Gasteiger partial charge in [-0.25, -0.2) is 4.79 Å². The number of halogens is 7. The smallest absolute Gasteiger partial charge is 0.493 e. The zero-order chi connectivity index (χ0) is 47.5. The summed E-state index contributed by atoms with van der Waals surface area (Å²) in [6.45, 7) is 10.8. The third-order valence-electron chi connectivity index (χ3n) is 11.7. The number of amides is 2. The van der Waals surface area contributed by atoms with Gasteiger partial charge < -0.3 is 29.4 Å². The lowest BCUT2D eigenvalue weighted by Crippen LogP contribution is -2.45. The first-order valence-electron chi connectivity index (χ1n) is 22.1. The van der Waals surface area contributed by atoms with Gasteiger partial charge in [0.05, 0.1) is 17.2 Å². The number of rotatable bonds is 20. The fourth-order valence-electron chi connectivity index (χ4n) is 8.14. The number of aromatic nitrogens is 1. The van der Waals surface area contributed by atoms with Gasteiger partial charge in [-0.15, -0.1) is 13.2 Å². The average Bonchev–Trinajstić information content (AvgIpc) is 3.66. The molecule has 2 heterocycles. The number of piperazine rings is 1. The van der Waals surface area contributed by atoms with Crippen molar-refractivity contribution >= 4 is 63.3 Å². The molecule has 0 aliphatic carbocycles. The summed E-state index contributed by atoms with van der Waals surface area (Å²) in [5.41, 5.74) is 6.63. The van der Waals surface area contributed by atoms with Crippen LogP contribution in [0.15, 0.2) is 103 Å². The molecule has 17 heteroatoms. The van der Waals surface area contributed by atoms with Gasteiger partial charge in [0.1, 0.15) is 12.4 Å². The summed E-state index contributed by atoms with van der Waals surface area (Å²) in [5, 5.41) is 9.23. The summed E-state index contributed by atoms with van der Waals surface area (Å²) >= 11 is 25.2. The standard InChI is InChI=1S/C50H53Cl4F3N6O4/c1-3-60(29-35-10-17-47(65-2)48(28-35)66-33-36-8-15-44(53)45(54)27-36)21-19-59-49(64)58-18-5-20-63-32-40(37-11-13-38(14-12-37)67-50(55,56)57)39-26-34(9-16-46(39)63)30-61-22-24-62(25-23-61)31-41-42(51)6-4-7-43(41)52/h4,6-17,26-28,32H,3,5,18-25,29-31,33H2,1-2H3,(H2,58,59,64). The topological polar surface area (TPSA) is 83.5 Å². The molecule has 5 aromatic carbocycles. The lowest BCUT2D eigenvalue weighted by atomic mass is 10.0. The van der Waals surface area contributed by atoms with E-state index in [0.717, 1.165) is 83.6 Å². The molecule has 0 unspecified atom stereocenters. The number of hydrogen-bond donors (Lipinski definition) is 2. The van der Waals surface area contributed by atoms with E-state index < -0.39 is 6.36 Å². The highest BCUT2D eigenvalue weighted by atomic mass is 35.5. The predicted octanol–water partition coefficient (Wildman–Crippen LogP) is 11.9. The number of alkyl halides is 3. The lowest BCUT2D eigenvalue weighted by Gasteiger charge is -2.35. The van der Waals surface area contributed by atoms with Gasteiger partial charge in [-0.2, -0.15) is 0 Å². The Balaban J connectivity index is 0.920. The number of carbonyl (C=O) groups excluding carboxylic acids is 1. The Morgan fingerprint density at radius 3 is 2.12 bits per heavy atom. The summed E-state index contributed by atoms with van der Waals surface area (Å²) in [5.74, 6) is 0.950. The lowest BCUT2D eigenvalue weighted by molar-refractivity contribution is -0.274. The number of aryl methyl sites for hydroxylation is 1. The van der Waals surface area contributed by atoms with Crippen molar-refractivity contribution in [2.45, 2.75) is 52.5 Å². The molecule has 0 saturated carbocycles. The fraction of sp³-hybridized carbons (Fsp3) is 0.340. The summed E-state index contributed by atoms with van der Waals surface area (Å²) in [6, 6.07) is 28.9. The van der Waals surface area contributed by atoms with Crippen LogP contribution in [-0.4, -0.2) is 91.1 Å². The number of ether oxygens (including phenoxy) is 3. The van der Waals surface area contributed by atoms with Crippen LogP contribution in [0, 0.1) is 0 Å². The van der Waals surface area contributed by atoms with E-state index in [1.807, 2.05) is 48.7 Å². The quantitative estimate of drug-likeness (QED) is 0.0737. The molecule has 1 fully saturated rings. The molecule has 7 rings (SSSR count). The summed E-state index contributed by atoms with van der Waals surface area (Å²) < 4.78 is 56.8. The number of hydrogen-bond acceptors (Lipinski definition) is 7. The van der Waals surface area contributed by atoms with Crippen molar-refractivity contribution in [3.63, 3.8) is 0 Å². The zero-order valence-corrected chi connectivity index (χ0v) is 40.3. The highest BCUT2D eigenvalue weighted by Crippen LogP contribution is 2.35. The van der Waals surface area contributed by atoms with Crippen LogP contribution in [0.4, 0.5) is 18.0 Å². The van der Waals surface area contributed by atoms with Crippen molar-refractivity contribution in [1.29, 1.82) is 0 Å². The predicted molar refractivity (Wildman–Crippen MR) is 262 cm³/mol. The molecule has 67 heavy (non-hydrogen) atoms. The van der Waals surface area contributed by atoms with Crippen LogP contribution in [0.1, 0.15) is 35.6 Å². The molecule has 1 aliphatic heterocycles. The van der Waals surface area contributed by atoms with Gasteiger partial charge in [0.25, 0.3) is 0 Å². The molecule has 0 spiro atoms. The van der Waals surface area contributed by atoms with Crippen molar-refractivity contribution in [3.8, 4) is 28.4 Å². The maximum absolute atomic E-state index is 13.0. The summed E-state index contributed by atoms with van der Waals surface area (Å²) in [6.07, 6.45) is -2.11. The summed E-state index contributed by atoms with van der Waals surface area (Å²) in [4.78, 5) is 19.9. The first-order chi connectivity index (χ1) is 32.2. The maximum Gasteiger partial charge on any atom is 0.573 e. The molecular formula is C50H53Cl4F3N6O4. The molecule has 356 valence electrons. The summed E-state index contributed by atoms with van der Waals surface area (Å²) in [7, 11) is 1.60. The van der Waals surface area contributed by atoms with E-state index in [1.54, 1.807) is 31.4 Å². The van der Waals surface area contributed by atoms with Crippen molar-refractivity contribution < 1.29 is 32.2 Å². The van der Waals surface area contributed by atoms with Crippen LogP contribution >= 0.6 is 46.4 Å². The Morgan fingerprint density at radius 2 is 1.43 bits per heavy atom. The molecule has 6 aromatic rings. The number of urea groups is 1. The normalized spacial score (nSPS) is 13.6. The van der Waals surface area contributed by atoms with E-state index >= 15 is 0 Å². The Labute approximate surface area is 409 Å². The van der Waals surface area contributed by atoms with Gasteiger partial charge in [-0.3, -0.25) is 14.7 Å². The number of likely N-dealkylation sites (N-methyl/N-ethyl adjacent to an activating group) is 1. The first-order valence-corrected chi connectivity index (χ1v) is 23.6. The second kappa shape index (κ2) is 23.4. The monoisotopic (exact) mass is 998 g/mol. The maximum atomic E-state index is 13.0. The number of nitrogens with one attached hydrogen (secondary N) is 2. The van der Waals surface area contributed by atoms with Gasteiger partial charge in [0.2, 0.25) is 0 Å². The third kappa shape index (κ3) is 14.1. The van der Waals surface area contributed by atoms with E-state index in [4.69, 9.17) is 55.9 Å². The zero-order valence-electron chi connectivity index (χ0n) is 37.3. The highest BCUT2D eigenvalue weighted by molar-refractivity contribution is 6.42. The van der Waals surface area contributed by atoms with Crippen LogP contribution in [0.5, 0.6) is 17.2 Å². The van der Waals surface area contributed by atoms with Gasteiger partial charge in [0, 0.05) is 110 Å². The minimum Gasteiger partial charge on any atom is -0.493 e. The molecule has 1 saturated heterocycles. The molecule has 10 nitrogen and oxygen atoms in total. The second-order valence-electron chi connectivity index (χ2n) is 16.3. The third-order valence-corrected chi connectivity index (χ3v) is 13.1. The van der Waals surface area contributed by atoms with Gasteiger partial charge in [-0.05, 0) is 95.9 Å². The van der Waals surface area contributed by atoms with Crippen molar-refractivity contribution in [2.24, 2.45) is 0 Å². The Kier molecular flexibility index (Phi) is 17.5. The molecule has 2 N–H and O–H groups in total. The molecule has 2 amide bonds. The number of methoxy groups -OCH3 is 1. The van der Waals surface area contributed by atoms with Crippen LogP contribution in [0.2, 0.25) is 20.1 Å². The van der Waals surface area contributed by atoms with Crippen LogP contribution in [0.25, 0.3) is 22.0 Å². The van der Waals surface area contributed by atoms with E-state index in [1.165, 1.54) is 12.1 Å². The van der Waals surface area contributed by atoms with Crippen molar-refractivity contribution in [3.05, 3.63) is 146 Å². The number of carbonyl (C=O) groups is 1. The van der Waals surface area contributed by atoms with Crippen molar-refractivity contribution in [2.75, 3.05) is 59.5 Å². The second-order valence-corrected chi connectivity index (χ2v) is 18.0. The highest BCUT2D eigenvalue weighted by Gasteiger charge is 2.31. The van der Waals surface area contributed by atoms with Crippen LogP contribution in [0.3, 0.4) is 0 Å². The molecule has 1 aliphatic rings. The Bertz CT molecular complexity index is 2590. The number of benzene rings is 5. The van der Waals surface area contributed by atoms with Crippen LogP contribution in [-0.2, 0) is 32.8 Å². The number of nitrogens with zero attached hydrogens (tertiary/aromatic N) is 4. The molecule has 0 atom stereocenters. The SMILES string of the molecule is CCN(CCNC(=O)NCCCn1cc(-c2ccc(OC(F)(F)F)cc2)c2cc(CN3CCN(Cc4c(Cl)cccc4Cl)CC3)ccc21)Cc1ccc(OC)c(OCc2ccc(Cl)c(Cl)c2)c1. The molecular weight excluding hydrogens is 947 g/mol. The van der Waals surface area contributed by atoms with E-state index in [2.05, 4.69) is 59.8 Å². The van der Waals surface area contributed by atoms with Crippen LogP contribution < -0.4 is 24.8 Å². The molecule has 0 bridgehead atoms. The van der Waals surface area contributed by atoms with E-state index in [9.17, 15) is 18.0 Å². The fourth-order valence-corrected chi connectivity index (χ4v) is 8.97. The Morgan fingerprint density at radius 1 is 0.746 bits per heavy atom. The van der Waals surface area contributed by atoms with Gasteiger partial charge in [-0.1, -0.05) is 89.7 Å². The molecule has 1 aromatic heterocycles. The van der Waals surface area contributed by atoms with E-state index in [-0.39, 0.29) is 11.8 Å². The average molecular weight is 1000 g/mol. The largest absolute Gasteiger partial charge is 0.573 e. The van der Waals surface area contributed by atoms with Gasteiger partial charge >= 0.3 is 12.4 Å². The van der Waals surface area contributed by atoms with E-state index in [0.29, 0.717) is 83.9 Å². The number of fused-ring (bicyclic) bond motifs is 1. The van der Waals surface area contributed by atoms with Crippen molar-refractivity contribution in [1.82, 2.24) is 29.9 Å². The minimum absolute atomic E-state index is 0.254. The molecule has 0 radical (unpaired) electrons.